The van der Waals surface area contributed by atoms with E-state index in [9.17, 15) is 14.7 Å². The number of amides is 1. The molecule has 1 saturated heterocycles. The Balaban J connectivity index is 1.76. The van der Waals surface area contributed by atoms with Gasteiger partial charge in [-0.2, -0.15) is 0 Å². The van der Waals surface area contributed by atoms with E-state index in [4.69, 9.17) is 10.5 Å². The van der Waals surface area contributed by atoms with Crippen molar-refractivity contribution in [3.8, 4) is 5.75 Å². The number of carbonyl (C=O) groups is 2. The van der Waals surface area contributed by atoms with Crippen LogP contribution in [0, 0.1) is 5.92 Å². The number of aliphatic hydroxyl groups excluding tert-OH is 1. The molecule has 0 saturated carbocycles. The number of benzene rings is 1. The lowest BCUT2D eigenvalue weighted by Crippen LogP contribution is -3.14. The van der Waals surface area contributed by atoms with Gasteiger partial charge in [0.2, 0.25) is 5.91 Å². The third-order valence-corrected chi connectivity index (χ3v) is 4.32. The van der Waals surface area contributed by atoms with E-state index in [-0.39, 0.29) is 18.4 Å². The lowest BCUT2D eigenvalue weighted by atomic mass is 9.96. The highest BCUT2D eigenvalue weighted by Gasteiger charge is 2.27. The largest absolute Gasteiger partial charge is 0.491 e. The zero-order valence-electron chi connectivity index (χ0n) is 13.9. The van der Waals surface area contributed by atoms with Crippen molar-refractivity contribution in [2.24, 2.45) is 11.7 Å². The van der Waals surface area contributed by atoms with E-state index >= 15 is 0 Å². The Kier molecular flexibility index (Phi) is 6.57. The summed E-state index contributed by atoms with van der Waals surface area (Å²) >= 11 is 0. The van der Waals surface area contributed by atoms with Crippen LogP contribution < -0.4 is 15.4 Å². The molecular weight excluding hydrogens is 312 g/mol. The van der Waals surface area contributed by atoms with Crippen LogP contribution >= 0.6 is 0 Å². The molecule has 1 heterocycles. The summed E-state index contributed by atoms with van der Waals surface area (Å²) < 4.78 is 10.2. The van der Waals surface area contributed by atoms with Crippen molar-refractivity contribution in [3.63, 3.8) is 0 Å². The highest BCUT2D eigenvalue weighted by molar-refractivity contribution is 5.89. The van der Waals surface area contributed by atoms with Gasteiger partial charge in [-0.25, -0.2) is 4.79 Å². The van der Waals surface area contributed by atoms with Gasteiger partial charge in [-0.15, -0.1) is 0 Å². The minimum Gasteiger partial charge on any atom is -0.491 e. The average Bonchev–Trinajstić information content (AvgIpc) is 2.60. The maximum Gasteiger partial charge on any atom is 0.337 e. The van der Waals surface area contributed by atoms with Gasteiger partial charge in [-0.1, -0.05) is 6.07 Å². The molecule has 7 nitrogen and oxygen atoms in total. The number of ether oxygens (including phenoxy) is 2. The Morgan fingerprint density at radius 3 is 2.71 bits per heavy atom. The van der Waals surface area contributed by atoms with E-state index in [1.165, 1.54) is 12.0 Å². The summed E-state index contributed by atoms with van der Waals surface area (Å²) in [5, 5.41) is 10.1. The van der Waals surface area contributed by atoms with Gasteiger partial charge in [0.25, 0.3) is 0 Å². The van der Waals surface area contributed by atoms with E-state index in [0.29, 0.717) is 17.9 Å². The summed E-state index contributed by atoms with van der Waals surface area (Å²) in [7, 11) is 1.32. The van der Waals surface area contributed by atoms with Gasteiger partial charge in [-0.3, -0.25) is 4.79 Å². The first-order valence-electron chi connectivity index (χ1n) is 8.11. The van der Waals surface area contributed by atoms with Crippen LogP contribution in [0.15, 0.2) is 24.3 Å². The number of rotatable bonds is 7. The normalized spacial score (nSPS) is 21.8. The highest BCUT2D eigenvalue weighted by atomic mass is 16.5. The maximum absolute atomic E-state index is 11.5. The van der Waals surface area contributed by atoms with Gasteiger partial charge in [0.1, 0.15) is 25.0 Å². The summed E-state index contributed by atoms with van der Waals surface area (Å²) in [5.41, 5.74) is 5.73. The average molecular weight is 337 g/mol. The Labute approximate surface area is 141 Å². The number of quaternary nitrogens is 1. The van der Waals surface area contributed by atoms with E-state index in [1.807, 2.05) is 0 Å². The summed E-state index contributed by atoms with van der Waals surface area (Å²) in [6.07, 6.45) is 0.908. The first-order chi connectivity index (χ1) is 11.5. The van der Waals surface area contributed by atoms with Crippen molar-refractivity contribution in [3.05, 3.63) is 29.8 Å². The third kappa shape index (κ3) is 5.21. The van der Waals surface area contributed by atoms with Crippen molar-refractivity contribution >= 4 is 11.9 Å². The number of methoxy groups -OCH3 is 1. The van der Waals surface area contributed by atoms with Crippen molar-refractivity contribution in [2.45, 2.75) is 18.9 Å². The van der Waals surface area contributed by atoms with Crippen LogP contribution in [0.2, 0.25) is 0 Å². The summed E-state index contributed by atoms with van der Waals surface area (Å²) in [5.74, 6) is -0.186. The van der Waals surface area contributed by atoms with Crippen LogP contribution in [-0.2, 0) is 9.53 Å². The minimum atomic E-state index is -0.619. The lowest BCUT2D eigenvalue weighted by Gasteiger charge is -2.29. The van der Waals surface area contributed by atoms with E-state index < -0.39 is 12.1 Å². The molecule has 0 unspecified atom stereocenters. The Bertz CT molecular complexity index is 570. The zero-order chi connectivity index (χ0) is 17.5. The van der Waals surface area contributed by atoms with E-state index in [0.717, 1.165) is 25.9 Å². The summed E-state index contributed by atoms with van der Waals surface area (Å²) in [6.45, 7) is 2.35. The summed E-state index contributed by atoms with van der Waals surface area (Å²) in [6, 6.07) is 6.66. The maximum atomic E-state index is 11.5. The van der Waals surface area contributed by atoms with Gasteiger partial charge in [0.05, 0.1) is 25.8 Å². The molecule has 1 aromatic rings. The molecule has 0 aromatic heterocycles. The van der Waals surface area contributed by atoms with E-state index in [2.05, 4.69) is 4.74 Å². The Hall–Kier alpha value is -2.12. The first kappa shape index (κ1) is 18.2. The quantitative estimate of drug-likeness (QED) is 0.554. The van der Waals surface area contributed by atoms with Gasteiger partial charge in [0.15, 0.2) is 0 Å². The van der Waals surface area contributed by atoms with Crippen LogP contribution in [0.25, 0.3) is 0 Å². The number of hydrogen-bond donors (Lipinski definition) is 3. The molecule has 1 aliphatic rings. The molecule has 1 fully saturated rings. The van der Waals surface area contributed by atoms with Crippen molar-refractivity contribution in [1.82, 2.24) is 0 Å². The molecule has 0 bridgehead atoms. The molecule has 1 aromatic carbocycles. The van der Waals surface area contributed by atoms with Gasteiger partial charge >= 0.3 is 5.97 Å². The van der Waals surface area contributed by atoms with Gasteiger partial charge in [-0.05, 0) is 18.2 Å². The Morgan fingerprint density at radius 1 is 1.38 bits per heavy atom. The second-order valence-corrected chi connectivity index (χ2v) is 6.12. The molecule has 1 atom stereocenters. The molecule has 2 rings (SSSR count). The second-order valence-electron chi connectivity index (χ2n) is 6.12. The number of esters is 1. The van der Waals surface area contributed by atoms with E-state index in [1.54, 1.807) is 24.3 Å². The molecule has 7 heteroatoms. The molecule has 1 amide bonds. The molecule has 132 valence electrons. The predicted octanol–water partition coefficient (Wildman–Crippen LogP) is -1.01. The van der Waals surface area contributed by atoms with Crippen LogP contribution in [0.1, 0.15) is 23.2 Å². The lowest BCUT2D eigenvalue weighted by molar-refractivity contribution is -0.908. The van der Waals surface area contributed by atoms with Crippen molar-refractivity contribution in [2.75, 3.05) is 33.4 Å². The third-order valence-electron chi connectivity index (χ3n) is 4.32. The highest BCUT2D eigenvalue weighted by Crippen LogP contribution is 2.14. The fraction of sp³-hybridized carbons (Fsp3) is 0.529. The van der Waals surface area contributed by atoms with Crippen molar-refractivity contribution in [1.29, 1.82) is 0 Å². The Morgan fingerprint density at radius 2 is 2.08 bits per heavy atom. The van der Waals surface area contributed by atoms with Crippen LogP contribution in [0.4, 0.5) is 0 Å². The molecule has 0 aliphatic carbocycles. The predicted molar refractivity (Wildman–Crippen MR) is 86.8 cm³/mol. The summed E-state index contributed by atoms with van der Waals surface area (Å²) in [4.78, 5) is 23.9. The number of nitrogens with one attached hydrogen (secondary N) is 1. The van der Waals surface area contributed by atoms with Crippen LogP contribution in [0.3, 0.4) is 0 Å². The number of piperidine rings is 1. The number of aliphatic hydroxyl groups is 1. The molecule has 4 N–H and O–H groups in total. The number of likely N-dealkylation sites (tertiary alicyclic amines) is 1. The number of carbonyl (C=O) groups excluding carboxylic acids is 2. The van der Waals surface area contributed by atoms with Crippen LogP contribution in [0.5, 0.6) is 5.75 Å². The second kappa shape index (κ2) is 8.65. The SMILES string of the molecule is COC(=O)c1cccc(OC[C@H](O)C[NH+]2CCC(C(N)=O)CC2)c1. The topological polar surface area (TPSA) is 103 Å². The number of nitrogens with two attached hydrogens (primary N) is 1. The molecular formula is C17H25N2O5+. The first-order valence-corrected chi connectivity index (χ1v) is 8.11. The van der Waals surface area contributed by atoms with Gasteiger partial charge < -0.3 is 25.2 Å². The monoisotopic (exact) mass is 337 g/mol. The number of primary amides is 1. The molecule has 0 spiro atoms. The van der Waals surface area contributed by atoms with Crippen molar-refractivity contribution < 1.29 is 29.1 Å². The molecule has 0 radical (unpaired) electrons. The fourth-order valence-electron chi connectivity index (χ4n) is 2.93. The molecule has 1 aliphatic heterocycles. The smallest absolute Gasteiger partial charge is 0.337 e. The fourth-order valence-corrected chi connectivity index (χ4v) is 2.93. The number of hydrogen-bond acceptors (Lipinski definition) is 5. The molecule has 24 heavy (non-hydrogen) atoms. The standard InChI is InChI=1S/C17H24N2O5/c1-23-17(22)13-3-2-4-15(9-13)24-11-14(20)10-19-7-5-12(6-8-19)16(18)21/h2-4,9,12,14,20H,5-8,10-11H2,1H3,(H2,18,21)/p+1/t14-/m1/s1. The van der Waals surface area contributed by atoms with Crippen LogP contribution in [-0.4, -0.2) is 56.4 Å². The zero-order valence-corrected chi connectivity index (χ0v) is 13.9. The minimum absolute atomic E-state index is 0.0387. The van der Waals surface area contributed by atoms with Gasteiger partial charge in [0, 0.05) is 18.8 Å².